The summed E-state index contributed by atoms with van der Waals surface area (Å²) >= 11 is 0. The quantitative estimate of drug-likeness (QED) is 0.346. The van der Waals surface area contributed by atoms with Crippen molar-refractivity contribution >= 4 is 6.21 Å². The van der Waals surface area contributed by atoms with Crippen LogP contribution in [0.3, 0.4) is 0 Å². The van der Waals surface area contributed by atoms with Crippen LogP contribution in [-0.4, -0.2) is 30.6 Å². The van der Waals surface area contributed by atoms with Crippen molar-refractivity contribution in [3.8, 4) is 0 Å². The van der Waals surface area contributed by atoms with Gasteiger partial charge in [0.15, 0.2) is 0 Å². The summed E-state index contributed by atoms with van der Waals surface area (Å²) in [5, 5.41) is 14.7. The second-order valence-corrected chi connectivity index (χ2v) is 9.74. The second-order valence-electron chi connectivity index (χ2n) is 9.74. The number of fused-ring (bicyclic) bond motifs is 5. The number of hydrogen-bond donors (Lipinski definition) is 2. The van der Waals surface area contributed by atoms with Crippen LogP contribution in [0, 0.1) is 34.5 Å². The van der Waals surface area contributed by atoms with Crippen molar-refractivity contribution in [3.05, 3.63) is 11.6 Å². The number of aliphatic hydroxyl groups excluding tert-OH is 1. The topological polar surface area (TPSA) is 67.8 Å². The smallest absolute Gasteiger partial charge is 0.129 e. The first-order valence-electron chi connectivity index (χ1n) is 10.7. The van der Waals surface area contributed by atoms with Gasteiger partial charge >= 0.3 is 0 Å². The molecule has 0 bridgehead atoms. The van der Waals surface area contributed by atoms with Crippen molar-refractivity contribution in [3.63, 3.8) is 0 Å². The SMILES string of the molecule is C[C@]12CC[C@H](/C=N/OCCN)C=C1CCC1C2CC[C@@]2(C)C1CC[C@@H]2O. The molecule has 3 fully saturated rings. The molecule has 3 unspecified atom stereocenters. The van der Waals surface area contributed by atoms with E-state index in [1.807, 2.05) is 6.21 Å². The molecule has 0 aromatic heterocycles. The monoisotopic (exact) mass is 360 g/mol. The molecule has 7 atom stereocenters. The van der Waals surface area contributed by atoms with Crippen molar-refractivity contribution in [1.82, 2.24) is 0 Å². The molecular weight excluding hydrogens is 324 g/mol. The van der Waals surface area contributed by atoms with E-state index >= 15 is 0 Å². The van der Waals surface area contributed by atoms with Gasteiger partial charge in [-0.3, -0.25) is 0 Å². The Balaban J connectivity index is 1.51. The Morgan fingerprint density at radius 2 is 2.04 bits per heavy atom. The van der Waals surface area contributed by atoms with E-state index in [1.54, 1.807) is 5.57 Å². The van der Waals surface area contributed by atoms with Gasteiger partial charge in [-0.25, -0.2) is 0 Å². The number of oxime groups is 1. The van der Waals surface area contributed by atoms with Crippen LogP contribution >= 0.6 is 0 Å². The summed E-state index contributed by atoms with van der Waals surface area (Å²) in [4.78, 5) is 5.19. The van der Waals surface area contributed by atoms with E-state index in [0.29, 0.717) is 24.5 Å². The molecule has 3 saturated carbocycles. The van der Waals surface area contributed by atoms with E-state index in [-0.39, 0.29) is 11.5 Å². The van der Waals surface area contributed by atoms with Crippen molar-refractivity contribution in [2.24, 2.45) is 45.4 Å². The number of nitrogens with zero attached hydrogens (tertiary/aromatic N) is 1. The highest BCUT2D eigenvalue weighted by Gasteiger charge is 2.58. The van der Waals surface area contributed by atoms with E-state index < -0.39 is 0 Å². The Kier molecular flexibility index (Phi) is 4.94. The predicted molar refractivity (Wildman–Crippen MR) is 105 cm³/mol. The molecule has 0 heterocycles. The molecule has 3 N–H and O–H groups in total. The summed E-state index contributed by atoms with van der Waals surface area (Å²) < 4.78 is 0. The summed E-state index contributed by atoms with van der Waals surface area (Å²) in [6.45, 7) is 5.90. The summed E-state index contributed by atoms with van der Waals surface area (Å²) in [5.41, 5.74) is 7.66. The molecule has 0 aliphatic heterocycles. The molecule has 146 valence electrons. The lowest BCUT2D eigenvalue weighted by atomic mass is 9.47. The summed E-state index contributed by atoms with van der Waals surface area (Å²) in [5.74, 6) is 2.76. The third-order valence-corrected chi connectivity index (χ3v) is 8.63. The molecule has 0 spiro atoms. The van der Waals surface area contributed by atoms with Crippen molar-refractivity contribution in [2.75, 3.05) is 13.2 Å². The van der Waals surface area contributed by atoms with Gasteiger partial charge in [-0.1, -0.05) is 30.7 Å². The minimum atomic E-state index is -0.0707. The van der Waals surface area contributed by atoms with Crippen molar-refractivity contribution in [2.45, 2.75) is 71.3 Å². The first-order chi connectivity index (χ1) is 12.5. The van der Waals surface area contributed by atoms with Gasteiger partial charge in [-0.15, -0.1) is 0 Å². The molecule has 4 rings (SSSR count). The molecule has 4 aliphatic carbocycles. The highest BCUT2D eigenvalue weighted by atomic mass is 16.6. The van der Waals surface area contributed by atoms with Gasteiger partial charge in [0, 0.05) is 12.5 Å². The highest BCUT2D eigenvalue weighted by molar-refractivity contribution is 5.63. The van der Waals surface area contributed by atoms with Crippen LogP contribution in [0.2, 0.25) is 0 Å². The number of aliphatic hydroxyl groups is 1. The lowest BCUT2D eigenvalue weighted by Gasteiger charge is -2.58. The van der Waals surface area contributed by atoms with Gasteiger partial charge in [0.05, 0.1) is 12.3 Å². The largest absolute Gasteiger partial charge is 0.395 e. The molecule has 0 amide bonds. The molecule has 4 nitrogen and oxygen atoms in total. The lowest BCUT2D eigenvalue weighted by Crippen LogP contribution is -2.51. The number of nitrogens with two attached hydrogens (primary N) is 1. The van der Waals surface area contributed by atoms with Crippen LogP contribution in [0.5, 0.6) is 0 Å². The normalized spacial score (nSPS) is 47.8. The van der Waals surface area contributed by atoms with E-state index in [1.165, 1.54) is 44.9 Å². The summed E-state index contributed by atoms with van der Waals surface area (Å²) in [6, 6.07) is 0. The van der Waals surface area contributed by atoms with Crippen LogP contribution in [0.15, 0.2) is 16.8 Å². The molecule has 4 heteroatoms. The molecular formula is C22H36N2O2. The van der Waals surface area contributed by atoms with Crippen LogP contribution in [0.4, 0.5) is 0 Å². The van der Waals surface area contributed by atoms with Gasteiger partial charge in [-0.2, -0.15) is 0 Å². The van der Waals surface area contributed by atoms with Gasteiger partial charge in [0.2, 0.25) is 0 Å². The zero-order valence-electron chi connectivity index (χ0n) is 16.5. The van der Waals surface area contributed by atoms with E-state index in [9.17, 15) is 5.11 Å². The van der Waals surface area contributed by atoms with Crippen LogP contribution in [0.1, 0.15) is 65.2 Å². The fraction of sp³-hybridized carbons (Fsp3) is 0.864. The number of rotatable bonds is 4. The molecule has 0 aromatic carbocycles. The number of allylic oxidation sites excluding steroid dienone is 2. The van der Waals surface area contributed by atoms with Gasteiger partial charge in [0.25, 0.3) is 0 Å². The third kappa shape index (κ3) is 2.84. The maximum absolute atomic E-state index is 10.6. The Bertz CT molecular complexity index is 589. The fourth-order valence-electron chi connectivity index (χ4n) is 7.07. The molecule has 26 heavy (non-hydrogen) atoms. The van der Waals surface area contributed by atoms with Crippen LogP contribution in [-0.2, 0) is 4.84 Å². The summed E-state index contributed by atoms with van der Waals surface area (Å²) in [6.07, 6.45) is 14.1. The maximum Gasteiger partial charge on any atom is 0.129 e. The Hall–Kier alpha value is -0.870. The van der Waals surface area contributed by atoms with Crippen molar-refractivity contribution < 1.29 is 9.94 Å². The third-order valence-electron chi connectivity index (χ3n) is 8.63. The van der Waals surface area contributed by atoms with Crippen molar-refractivity contribution in [1.29, 1.82) is 0 Å². The van der Waals surface area contributed by atoms with Gasteiger partial charge < -0.3 is 15.7 Å². The highest BCUT2D eigenvalue weighted by Crippen LogP contribution is 2.65. The zero-order chi connectivity index (χ0) is 18.4. The van der Waals surface area contributed by atoms with Gasteiger partial charge in [0.1, 0.15) is 6.61 Å². The standard InChI is InChI=1S/C22H36N2O2/c1-21-9-7-15(14-24-26-12-11-23)13-16(21)3-4-17-18-5-6-20(25)22(18,2)10-8-19(17)21/h13-15,17-20,25H,3-12,23H2,1-2H3/b24-14+/t15-,17?,18?,19?,20-,21-,22-/m0/s1. The van der Waals surface area contributed by atoms with E-state index in [2.05, 4.69) is 25.1 Å². The predicted octanol–water partition coefficient (Wildman–Crippen LogP) is 3.89. The van der Waals surface area contributed by atoms with E-state index in [4.69, 9.17) is 10.6 Å². The average Bonchev–Trinajstić information content (AvgIpc) is 2.94. The average molecular weight is 361 g/mol. The first-order valence-corrected chi connectivity index (χ1v) is 10.7. The second kappa shape index (κ2) is 6.94. The fourth-order valence-corrected chi connectivity index (χ4v) is 7.07. The maximum atomic E-state index is 10.6. The Morgan fingerprint density at radius 3 is 2.85 bits per heavy atom. The number of hydrogen-bond acceptors (Lipinski definition) is 4. The molecule has 0 radical (unpaired) electrons. The van der Waals surface area contributed by atoms with Crippen LogP contribution < -0.4 is 5.73 Å². The minimum absolute atomic E-state index is 0.0707. The lowest BCUT2D eigenvalue weighted by molar-refractivity contribution is -0.0741. The molecule has 0 saturated heterocycles. The van der Waals surface area contributed by atoms with Gasteiger partial charge in [-0.05, 0) is 80.0 Å². The summed E-state index contributed by atoms with van der Waals surface area (Å²) in [7, 11) is 0. The van der Waals surface area contributed by atoms with Crippen LogP contribution in [0.25, 0.3) is 0 Å². The zero-order valence-corrected chi connectivity index (χ0v) is 16.5. The Morgan fingerprint density at radius 1 is 1.19 bits per heavy atom. The Labute approximate surface area is 158 Å². The molecule has 0 aromatic rings. The first kappa shape index (κ1) is 18.5. The minimum Gasteiger partial charge on any atom is -0.395 e. The van der Waals surface area contributed by atoms with E-state index in [0.717, 1.165) is 24.2 Å². The molecule has 4 aliphatic rings.